The molecule has 0 radical (unpaired) electrons. The van der Waals surface area contributed by atoms with Crippen LogP contribution >= 0.6 is 0 Å². The molecular formula is C11H12N2O7. The van der Waals surface area contributed by atoms with Crippen LogP contribution in [0.2, 0.25) is 0 Å². The molecule has 0 aliphatic heterocycles. The van der Waals surface area contributed by atoms with Gasteiger partial charge in [0.25, 0.3) is 0 Å². The number of Topliss-reactive ketones (excluding diaryl/α,β-unsaturated/α-hetero) is 1. The van der Waals surface area contributed by atoms with Crippen molar-refractivity contribution < 1.29 is 24.9 Å². The number of ketones is 1. The molecule has 0 fully saturated rings. The fourth-order valence-electron chi connectivity index (χ4n) is 1.73. The third-order valence-corrected chi connectivity index (χ3v) is 2.60. The number of nitro groups is 2. The summed E-state index contributed by atoms with van der Waals surface area (Å²) in [6.45, 7) is 1.58. The number of rotatable bonds is 6. The number of nitrogens with zero attached hydrogens (tertiary/aromatic N) is 2. The summed E-state index contributed by atoms with van der Waals surface area (Å²) in [5.74, 6) is -4.14. The molecule has 9 nitrogen and oxygen atoms in total. The van der Waals surface area contributed by atoms with Gasteiger partial charge in [-0.15, -0.1) is 0 Å². The maximum Gasteiger partial charge on any atom is 0.356 e. The number of benzene rings is 1. The molecule has 0 aromatic heterocycles. The van der Waals surface area contributed by atoms with Gasteiger partial charge in [0.05, 0.1) is 9.85 Å². The maximum absolute atomic E-state index is 11.9. The van der Waals surface area contributed by atoms with Crippen molar-refractivity contribution in [3.8, 4) is 0 Å². The van der Waals surface area contributed by atoms with Crippen molar-refractivity contribution in [1.29, 1.82) is 0 Å². The Kier molecular flexibility index (Phi) is 4.48. The molecule has 0 unspecified atom stereocenters. The number of hydrogen-bond acceptors (Lipinski definition) is 7. The minimum atomic E-state index is -2.80. The third-order valence-electron chi connectivity index (χ3n) is 2.60. The zero-order valence-electron chi connectivity index (χ0n) is 10.5. The summed E-state index contributed by atoms with van der Waals surface area (Å²) in [7, 11) is 0. The van der Waals surface area contributed by atoms with Crippen LogP contribution in [0.15, 0.2) is 18.2 Å². The van der Waals surface area contributed by atoms with Crippen molar-refractivity contribution in [3.05, 3.63) is 44.0 Å². The summed E-state index contributed by atoms with van der Waals surface area (Å²) in [5.41, 5.74) is -2.64. The van der Waals surface area contributed by atoms with Gasteiger partial charge in [0, 0.05) is 12.5 Å². The first-order chi connectivity index (χ1) is 9.22. The van der Waals surface area contributed by atoms with Gasteiger partial charge in [0.2, 0.25) is 11.6 Å². The normalized spacial score (nSPS) is 11.2. The van der Waals surface area contributed by atoms with Crippen molar-refractivity contribution >= 4 is 17.2 Å². The molecular weight excluding hydrogens is 272 g/mol. The van der Waals surface area contributed by atoms with Gasteiger partial charge in [-0.05, 0) is 6.07 Å². The largest absolute Gasteiger partial charge is 0.359 e. The molecule has 1 rings (SSSR count). The summed E-state index contributed by atoms with van der Waals surface area (Å²) in [4.78, 5) is 31.5. The number of hydrogen-bond donors (Lipinski definition) is 2. The lowest BCUT2D eigenvalue weighted by molar-refractivity contribution is -0.422. The van der Waals surface area contributed by atoms with Crippen molar-refractivity contribution in [2.45, 2.75) is 25.6 Å². The summed E-state index contributed by atoms with van der Waals surface area (Å²) >= 11 is 0. The van der Waals surface area contributed by atoms with Crippen molar-refractivity contribution in [2.75, 3.05) is 0 Å². The highest BCUT2D eigenvalue weighted by Crippen LogP contribution is 2.32. The summed E-state index contributed by atoms with van der Waals surface area (Å²) < 4.78 is 0. The van der Waals surface area contributed by atoms with Gasteiger partial charge in [0.15, 0.2) is 0 Å². The zero-order chi connectivity index (χ0) is 15.5. The minimum absolute atomic E-state index is 0.238. The first-order valence-electron chi connectivity index (χ1n) is 5.63. The molecule has 0 heterocycles. The number of para-hydroxylation sites is 1. The van der Waals surface area contributed by atoms with E-state index in [-0.39, 0.29) is 12.8 Å². The van der Waals surface area contributed by atoms with E-state index in [9.17, 15) is 35.2 Å². The van der Waals surface area contributed by atoms with Crippen LogP contribution in [0.5, 0.6) is 0 Å². The molecule has 0 aliphatic rings. The van der Waals surface area contributed by atoms with Crippen LogP contribution in [0.4, 0.5) is 11.4 Å². The van der Waals surface area contributed by atoms with Crippen LogP contribution in [0, 0.1) is 20.2 Å². The molecule has 2 N–H and O–H groups in total. The monoisotopic (exact) mass is 284 g/mol. The quantitative estimate of drug-likeness (QED) is 0.345. The van der Waals surface area contributed by atoms with Crippen molar-refractivity contribution in [1.82, 2.24) is 0 Å². The van der Waals surface area contributed by atoms with E-state index in [0.717, 1.165) is 18.2 Å². The lowest BCUT2D eigenvalue weighted by atomic mass is 9.97. The van der Waals surface area contributed by atoms with Gasteiger partial charge in [0.1, 0.15) is 5.56 Å². The van der Waals surface area contributed by atoms with E-state index < -0.39 is 38.4 Å². The molecule has 0 bridgehead atoms. The number of carbonyl (C=O) groups is 1. The van der Waals surface area contributed by atoms with Crippen LogP contribution in [-0.2, 0) is 0 Å². The van der Waals surface area contributed by atoms with Gasteiger partial charge < -0.3 is 10.2 Å². The van der Waals surface area contributed by atoms with E-state index in [2.05, 4.69) is 0 Å². The SMILES string of the molecule is CCCC(O)(O)C(=O)c1cccc([N+](=O)[O-])c1[N+](=O)[O-]. The van der Waals surface area contributed by atoms with Crippen LogP contribution in [-0.4, -0.2) is 31.6 Å². The van der Waals surface area contributed by atoms with Crippen LogP contribution in [0.1, 0.15) is 30.1 Å². The van der Waals surface area contributed by atoms with Gasteiger partial charge in [-0.1, -0.05) is 19.4 Å². The third kappa shape index (κ3) is 2.95. The Hall–Kier alpha value is -2.39. The predicted molar refractivity (Wildman–Crippen MR) is 66.2 cm³/mol. The second-order valence-electron chi connectivity index (χ2n) is 4.08. The summed E-state index contributed by atoms with van der Waals surface area (Å²) in [6, 6.07) is 2.88. The Labute approximate surface area is 112 Å². The van der Waals surface area contributed by atoms with E-state index in [0.29, 0.717) is 0 Å². The van der Waals surface area contributed by atoms with Crippen LogP contribution in [0.25, 0.3) is 0 Å². The zero-order valence-corrected chi connectivity index (χ0v) is 10.5. The molecule has 1 aromatic rings. The molecule has 0 atom stereocenters. The standard InChI is InChI=1S/C11H12N2O7/c1-2-6-11(15,16)10(14)7-4-3-5-8(12(17)18)9(7)13(19)20/h3-5,15-16H,2,6H2,1H3. The molecule has 0 amide bonds. The van der Waals surface area contributed by atoms with Crippen molar-refractivity contribution in [3.63, 3.8) is 0 Å². The second kappa shape index (κ2) is 5.72. The molecule has 0 aliphatic carbocycles. The highest BCUT2D eigenvalue weighted by atomic mass is 16.6. The van der Waals surface area contributed by atoms with E-state index in [1.807, 2.05) is 0 Å². The number of carbonyl (C=O) groups excluding carboxylic acids is 1. The predicted octanol–water partition coefficient (Wildman–Crippen LogP) is 1.17. The van der Waals surface area contributed by atoms with Crippen LogP contribution < -0.4 is 0 Å². The minimum Gasteiger partial charge on any atom is -0.359 e. The smallest absolute Gasteiger partial charge is 0.356 e. The van der Waals surface area contributed by atoms with Gasteiger partial charge >= 0.3 is 11.4 Å². The molecule has 20 heavy (non-hydrogen) atoms. The highest BCUT2D eigenvalue weighted by molar-refractivity contribution is 6.05. The average Bonchev–Trinajstić information content (AvgIpc) is 2.36. The van der Waals surface area contributed by atoms with Crippen LogP contribution in [0.3, 0.4) is 0 Å². The fraction of sp³-hybridized carbons (Fsp3) is 0.364. The van der Waals surface area contributed by atoms with Gasteiger partial charge in [-0.3, -0.25) is 25.0 Å². The Morgan fingerprint density at radius 3 is 2.30 bits per heavy atom. The van der Waals surface area contributed by atoms with Gasteiger partial charge in [-0.2, -0.15) is 0 Å². The Morgan fingerprint density at radius 2 is 1.85 bits per heavy atom. The summed E-state index contributed by atoms with van der Waals surface area (Å²) in [5, 5.41) is 40.8. The lowest BCUT2D eigenvalue weighted by Crippen LogP contribution is -2.38. The molecule has 0 saturated heterocycles. The Bertz CT molecular complexity index is 568. The second-order valence-corrected chi connectivity index (χ2v) is 4.08. The molecule has 0 spiro atoms. The topological polar surface area (TPSA) is 144 Å². The molecule has 9 heteroatoms. The van der Waals surface area contributed by atoms with E-state index >= 15 is 0 Å². The number of nitro benzene ring substituents is 2. The molecule has 108 valence electrons. The van der Waals surface area contributed by atoms with Gasteiger partial charge in [-0.25, -0.2) is 0 Å². The molecule has 0 saturated carbocycles. The van der Waals surface area contributed by atoms with E-state index in [1.54, 1.807) is 6.92 Å². The van der Waals surface area contributed by atoms with E-state index in [4.69, 9.17) is 0 Å². The first kappa shape index (κ1) is 15.7. The number of aliphatic hydroxyl groups is 2. The lowest BCUT2D eigenvalue weighted by Gasteiger charge is -2.19. The van der Waals surface area contributed by atoms with E-state index in [1.165, 1.54) is 0 Å². The Morgan fingerprint density at radius 1 is 1.25 bits per heavy atom. The maximum atomic E-state index is 11.9. The fourth-order valence-corrected chi connectivity index (χ4v) is 1.73. The highest BCUT2D eigenvalue weighted by Gasteiger charge is 2.40. The first-order valence-corrected chi connectivity index (χ1v) is 5.63. The summed E-state index contributed by atoms with van der Waals surface area (Å²) in [6.07, 6.45) is -0.104. The Balaban J connectivity index is 3.46. The van der Waals surface area contributed by atoms with Crippen molar-refractivity contribution in [2.24, 2.45) is 0 Å². The average molecular weight is 284 g/mol. The molecule has 1 aromatic carbocycles.